The number of carbonyl (C=O) groups is 1. The first-order valence-corrected chi connectivity index (χ1v) is 12.0. The summed E-state index contributed by atoms with van der Waals surface area (Å²) in [5.74, 6) is 0.785. The molecule has 0 saturated carbocycles. The number of carbonyl (C=O) groups excluding carboxylic acids is 1. The van der Waals surface area contributed by atoms with Crippen LogP contribution >= 0.6 is 0 Å². The SMILES string of the molecule is CCNC(=O)N1CCc2cc(S(=O)(=O)N3CCN(c4cccc(OC)c4)CC3)ccc21. The van der Waals surface area contributed by atoms with Gasteiger partial charge in [-0.05, 0) is 49.2 Å². The van der Waals surface area contributed by atoms with Crippen LogP contribution in [0.4, 0.5) is 16.2 Å². The van der Waals surface area contributed by atoms with Gasteiger partial charge in [0.2, 0.25) is 10.0 Å². The fourth-order valence-corrected chi connectivity index (χ4v) is 5.61. The average molecular weight is 445 g/mol. The van der Waals surface area contributed by atoms with Crippen LogP contribution in [0.25, 0.3) is 0 Å². The van der Waals surface area contributed by atoms with Crippen molar-refractivity contribution in [2.24, 2.45) is 0 Å². The summed E-state index contributed by atoms with van der Waals surface area (Å²) in [6, 6.07) is 12.7. The number of rotatable bonds is 5. The van der Waals surface area contributed by atoms with Crippen molar-refractivity contribution in [3.63, 3.8) is 0 Å². The fraction of sp³-hybridized carbons (Fsp3) is 0.409. The number of urea groups is 1. The summed E-state index contributed by atoms with van der Waals surface area (Å²) in [5, 5.41) is 2.80. The minimum atomic E-state index is -3.59. The van der Waals surface area contributed by atoms with E-state index in [2.05, 4.69) is 10.2 Å². The number of fused-ring (bicyclic) bond motifs is 1. The number of nitrogens with one attached hydrogen (secondary N) is 1. The molecule has 0 radical (unpaired) electrons. The molecule has 31 heavy (non-hydrogen) atoms. The summed E-state index contributed by atoms with van der Waals surface area (Å²) in [7, 11) is -1.95. The van der Waals surface area contributed by atoms with Crippen molar-refractivity contribution in [1.29, 1.82) is 0 Å². The maximum Gasteiger partial charge on any atom is 0.321 e. The molecule has 0 aliphatic carbocycles. The monoisotopic (exact) mass is 444 g/mol. The van der Waals surface area contributed by atoms with Gasteiger partial charge in [-0.1, -0.05) is 6.07 Å². The fourth-order valence-electron chi connectivity index (χ4n) is 4.14. The predicted molar refractivity (Wildman–Crippen MR) is 121 cm³/mol. The second-order valence-corrected chi connectivity index (χ2v) is 9.56. The van der Waals surface area contributed by atoms with Crippen LogP contribution in [0, 0.1) is 0 Å². The smallest absolute Gasteiger partial charge is 0.321 e. The van der Waals surface area contributed by atoms with Gasteiger partial charge in [0.05, 0.1) is 12.0 Å². The first kappa shape index (κ1) is 21.5. The molecule has 2 heterocycles. The molecule has 166 valence electrons. The quantitative estimate of drug-likeness (QED) is 0.765. The molecule has 0 atom stereocenters. The van der Waals surface area contributed by atoms with Crippen LogP contribution in [0.5, 0.6) is 5.75 Å². The third-order valence-corrected chi connectivity index (χ3v) is 7.71. The molecule has 0 spiro atoms. The standard InChI is InChI=1S/C22H28N4O4S/c1-3-23-22(27)26-10-9-17-15-20(7-8-21(17)26)31(28,29)25-13-11-24(12-14-25)18-5-4-6-19(16-18)30-2/h4-8,15-16H,3,9-14H2,1-2H3,(H,23,27). The molecule has 0 aromatic heterocycles. The highest BCUT2D eigenvalue weighted by Gasteiger charge is 2.31. The molecule has 2 aliphatic heterocycles. The van der Waals surface area contributed by atoms with Gasteiger partial charge in [-0.25, -0.2) is 13.2 Å². The van der Waals surface area contributed by atoms with E-state index in [4.69, 9.17) is 4.74 Å². The number of ether oxygens (including phenoxy) is 1. The molecule has 1 saturated heterocycles. The molecule has 2 amide bonds. The molecule has 0 unspecified atom stereocenters. The molecular formula is C22H28N4O4S. The van der Waals surface area contributed by atoms with Crippen LogP contribution in [0.2, 0.25) is 0 Å². The predicted octanol–water partition coefficient (Wildman–Crippen LogP) is 2.30. The van der Waals surface area contributed by atoms with Crippen LogP contribution < -0.4 is 19.9 Å². The van der Waals surface area contributed by atoms with E-state index in [-0.39, 0.29) is 6.03 Å². The minimum absolute atomic E-state index is 0.148. The van der Waals surface area contributed by atoms with E-state index in [1.165, 1.54) is 0 Å². The summed E-state index contributed by atoms with van der Waals surface area (Å²) in [4.78, 5) is 16.3. The molecule has 1 fully saturated rings. The topological polar surface area (TPSA) is 82.2 Å². The largest absolute Gasteiger partial charge is 0.497 e. The van der Waals surface area contributed by atoms with Crippen LogP contribution in [-0.2, 0) is 16.4 Å². The van der Waals surface area contributed by atoms with Crippen molar-refractivity contribution in [1.82, 2.24) is 9.62 Å². The lowest BCUT2D eigenvalue weighted by atomic mass is 10.2. The third kappa shape index (κ3) is 4.20. The molecule has 8 nitrogen and oxygen atoms in total. The Labute approximate surface area is 183 Å². The molecule has 0 bridgehead atoms. The Morgan fingerprint density at radius 2 is 1.84 bits per heavy atom. The Hall–Kier alpha value is -2.78. The van der Waals surface area contributed by atoms with E-state index in [1.54, 1.807) is 34.5 Å². The molecule has 2 aromatic rings. The van der Waals surface area contributed by atoms with Gasteiger partial charge in [-0.3, -0.25) is 4.90 Å². The van der Waals surface area contributed by atoms with Gasteiger partial charge in [0, 0.05) is 56.7 Å². The maximum absolute atomic E-state index is 13.2. The summed E-state index contributed by atoms with van der Waals surface area (Å²) in [6.07, 6.45) is 0.652. The lowest BCUT2D eigenvalue weighted by Gasteiger charge is -2.35. The molecule has 1 N–H and O–H groups in total. The summed E-state index contributed by atoms with van der Waals surface area (Å²) < 4.78 is 33.3. The van der Waals surface area contributed by atoms with E-state index in [1.807, 2.05) is 31.2 Å². The van der Waals surface area contributed by atoms with Crippen molar-refractivity contribution >= 4 is 27.4 Å². The van der Waals surface area contributed by atoms with E-state index in [9.17, 15) is 13.2 Å². The first-order valence-electron chi connectivity index (χ1n) is 10.5. The second-order valence-electron chi connectivity index (χ2n) is 7.62. The first-order chi connectivity index (χ1) is 14.9. The van der Waals surface area contributed by atoms with E-state index >= 15 is 0 Å². The number of amides is 2. The Morgan fingerprint density at radius 1 is 1.06 bits per heavy atom. The number of hydrogen-bond acceptors (Lipinski definition) is 5. The molecule has 4 rings (SSSR count). The van der Waals surface area contributed by atoms with E-state index < -0.39 is 10.0 Å². The normalized spacial score (nSPS) is 16.8. The number of sulfonamides is 1. The van der Waals surface area contributed by atoms with Crippen LogP contribution in [0.15, 0.2) is 47.4 Å². The molecular weight excluding hydrogens is 416 g/mol. The number of anilines is 2. The summed E-state index contributed by atoms with van der Waals surface area (Å²) >= 11 is 0. The second kappa shape index (κ2) is 8.76. The van der Waals surface area contributed by atoms with Crippen LogP contribution in [0.1, 0.15) is 12.5 Å². The number of methoxy groups -OCH3 is 1. The summed E-state index contributed by atoms with van der Waals surface area (Å²) in [5.41, 5.74) is 2.70. The number of hydrogen-bond donors (Lipinski definition) is 1. The van der Waals surface area contributed by atoms with Crippen molar-refractivity contribution in [3.8, 4) is 5.75 Å². The van der Waals surface area contributed by atoms with Crippen molar-refractivity contribution < 1.29 is 17.9 Å². The molecule has 2 aliphatic rings. The number of benzene rings is 2. The molecule has 2 aromatic carbocycles. The van der Waals surface area contributed by atoms with Crippen molar-refractivity contribution in [2.75, 3.05) is 56.2 Å². The van der Waals surface area contributed by atoms with Gasteiger partial charge < -0.3 is 15.0 Å². The maximum atomic E-state index is 13.2. The minimum Gasteiger partial charge on any atom is -0.497 e. The Kier molecular flexibility index (Phi) is 6.06. The number of nitrogens with zero attached hydrogens (tertiary/aromatic N) is 3. The van der Waals surface area contributed by atoms with Gasteiger partial charge in [0.25, 0.3) is 0 Å². The zero-order valence-corrected chi connectivity index (χ0v) is 18.7. The van der Waals surface area contributed by atoms with Crippen LogP contribution in [0.3, 0.4) is 0 Å². The van der Waals surface area contributed by atoms with E-state index in [0.717, 1.165) is 22.7 Å². The van der Waals surface area contributed by atoms with E-state index in [0.29, 0.717) is 50.6 Å². The van der Waals surface area contributed by atoms with Gasteiger partial charge in [0.15, 0.2) is 0 Å². The Bertz CT molecular complexity index is 1060. The van der Waals surface area contributed by atoms with Gasteiger partial charge >= 0.3 is 6.03 Å². The highest BCUT2D eigenvalue weighted by molar-refractivity contribution is 7.89. The zero-order valence-electron chi connectivity index (χ0n) is 17.9. The Morgan fingerprint density at radius 3 is 2.55 bits per heavy atom. The zero-order chi connectivity index (χ0) is 22.0. The van der Waals surface area contributed by atoms with Gasteiger partial charge in [0.1, 0.15) is 5.75 Å². The van der Waals surface area contributed by atoms with Gasteiger partial charge in [-0.2, -0.15) is 4.31 Å². The highest BCUT2D eigenvalue weighted by atomic mass is 32.2. The average Bonchev–Trinajstić information content (AvgIpc) is 3.23. The summed E-state index contributed by atoms with van der Waals surface area (Å²) in [6.45, 7) is 5.05. The molecule has 9 heteroatoms. The number of piperazine rings is 1. The third-order valence-electron chi connectivity index (χ3n) is 5.81. The van der Waals surface area contributed by atoms with Crippen molar-refractivity contribution in [3.05, 3.63) is 48.0 Å². The van der Waals surface area contributed by atoms with Crippen molar-refractivity contribution in [2.45, 2.75) is 18.2 Å². The van der Waals surface area contributed by atoms with Crippen LogP contribution in [-0.4, -0.2) is 65.1 Å². The Balaban J connectivity index is 1.47. The highest BCUT2D eigenvalue weighted by Crippen LogP contribution is 2.31. The van der Waals surface area contributed by atoms with Gasteiger partial charge in [-0.15, -0.1) is 0 Å². The lowest BCUT2D eigenvalue weighted by Crippen LogP contribution is -2.48. The lowest BCUT2D eigenvalue weighted by molar-refractivity contribution is 0.247.